The minimum atomic E-state index is -5.49. The van der Waals surface area contributed by atoms with Crippen molar-refractivity contribution in [3.05, 3.63) is 55.5 Å². The highest BCUT2D eigenvalue weighted by Gasteiger charge is 2.64. The summed E-state index contributed by atoms with van der Waals surface area (Å²) >= 11 is 6.00. The number of carbonyl (C=O) groups excluding carboxylic acids is 2. The predicted molar refractivity (Wildman–Crippen MR) is 117 cm³/mol. The van der Waals surface area contributed by atoms with Gasteiger partial charge in [-0.25, -0.2) is 17.6 Å². The summed E-state index contributed by atoms with van der Waals surface area (Å²) < 4.78 is 134. The zero-order valence-electron chi connectivity index (χ0n) is 19.0. The molecule has 6 nitrogen and oxygen atoms in total. The largest absolute Gasteiger partial charge is 0.435 e. The highest BCUT2D eigenvalue weighted by Crippen LogP contribution is 2.51. The first-order valence-electron chi connectivity index (χ1n) is 10.4. The van der Waals surface area contributed by atoms with Gasteiger partial charge in [0.15, 0.2) is 0 Å². The molecule has 1 aromatic heterocycles. The van der Waals surface area contributed by atoms with Crippen molar-refractivity contribution >= 4 is 40.5 Å². The van der Waals surface area contributed by atoms with Gasteiger partial charge >= 0.3 is 12.4 Å². The van der Waals surface area contributed by atoms with Crippen LogP contribution in [0, 0.1) is 12.7 Å². The van der Waals surface area contributed by atoms with Crippen molar-refractivity contribution in [3.8, 4) is 0 Å². The molecular formula is C21H14ClF10N3O3S. The number of carbonyl (C=O) groups is 2. The smallest absolute Gasteiger partial charge is 0.374 e. The van der Waals surface area contributed by atoms with Crippen molar-refractivity contribution in [2.75, 3.05) is 6.54 Å². The Morgan fingerprint density at radius 1 is 1.15 bits per heavy atom. The molecule has 0 saturated heterocycles. The average molecular weight is 614 g/mol. The summed E-state index contributed by atoms with van der Waals surface area (Å²) in [6.45, 7) is 0.415. The fraction of sp³-hybridized carbons (Fsp3) is 0.381. The Balaban J connectivity index is 1.87. The highest BCUT2D eigenvalue weighted by molar-refractivity contribution is 7.16. The molecule has 1 aliphatic rings. The first-order chi connectivity index (χ1) is 17.9. The normalized spacial score (nSPS) is 18.5. The summed E-state index contributed by atoms with van der Waals surface area (Å²) in [6.07, 6.45) is -18.4. The van der Waals surface area contributed by atoms with E-state index in [-0.39, 0.29) is 27.5 Å². The molecule has 0 bridgehead atoms. The molecule has 214 valence electrons. The Morgan fingerprint density at radius 2 is 1.79 bits per heavy atom. The van der Waals surface area contributed by atoms with E-state index in [0.29, 0.717) is 11.3 Å². The topological polar surface area (TPSA) is 79.8 Å². The minimum Gasteiger partial charge on any atom is -0.374 e. The molecule has 0 saturated carbocycles. The van der Waals surface area contributed by atoms with Gasteiger partial charge in [-0.05, 0) is 30.7 Å². The van der Waals surface area contributed by atoms with Crippen LogP contribution >= 0.6 is 22.9 Å². The van der Waals surface area contributed by atoms with Crippen LogP contribution in [0.1, 0.15) is 37.7 Å². The van der Waals surface area contributed by atoms with Crippen molar-refractivity contribution in [1.29, 1.82) is 0 Å². The lowest BCUT2D eigenvalue weighted by Crippen LogP contribution is -2.43. The lowest BCUT2D eigenvalue weighted by Gasteiger charge is -2.30. The second-order valence-electron chi connectivity index (χ2n) is 8.06. The number of oxime groups is 1. The number of rotatable bonds is 7. The van der Waals surface area contributed by atoms with Gasteiger partial charge < -0.3 is 15.5 Å². The molecule has 2 aromatic rings. The Morgan fingerprint density at radius 3 is 2.36 bits per heavy atom. The van der Waals surface area contributed by atoms with Crippen LogP contribution in [-0.2, 0) is 21.4 Å². The standard InChI is InChI=1S/C21H14ClF10N3O3S/c1-7-2-12(39-15(7)18(37)33-6-13(36)34-17(26)16(24)25)11-5-19(38-35-11,21(30,31)32)9-3-8(20(27,28)29)4-10(22)14(9)23/h2-4,16-17H,5-6H2,1H3,(H,33,37)(H,34,36)/t17?,19-/m1/s1. The molecule has 2 atom stereocenters. The molecule has 0 fully saturated rings. The molecule has 1 aliphatic heterocycles. The number of amides is 2. The van der Waals surface area contributed by atoms with Crippen molar-refractivity contribution in [3.63, 3.8) is 0 Å². The summed E-state index contributed by atoms with van der Waals surface area (Å²) in [5, 5.41) is 5.38. The molecule has 3 rings (SSSR count). The summed E-state index contributed by atoms with van der Waals surface area (Å²) in [5.41, 5.74) is -7.26. The van der Waals surface area contributed by atoms with E-state index >= 15 is 0 Å². The molecule has 2 N–H and O–H groups in total. The number of aryl methyl sites for hydroxylation is 1. The van der Waals surface area contributed by atoms with Crippen LogP contribution in [0.15, 0.2) is 23.4 Å². The highest BCUT2D eigenvalue weighted by atomic mass is 35.5. The molecule has 18 heteroatoms. The maximum absolute atomic E-state index is 14.7. The third-order valence-corrected chi connectivity index (χ3v) is 6.87. The third kappa shape index (κ3) is 6.23. The monoisotopic (exact) mass is 613 g/mol. The van der Waals surface area contributed by atoms with Crippen LogP contribution in [0.2, 0.25) is 5.02 Å². The Hall–Kier alpha value is -3.08. The molecule has 39 heavy (non-hydrogen) atoms. The van der Waals surface area contributed by atoms with Crippen LogP contribution in [-0.4, -0.2) is 43.0 Å². The first-order valence-corrected chi connectivity index (χ1v) is 11.6. The van der Waals surface area contributed by atoms with Gasteiger partial charge in [-0.3, -0.25) is 9.59 Å². The molecule has 0 aliphatic carbocycles. The lowest BCUT2D eigenvalue weighted by atomic mass is 9.86. The summed E-state index contributed by atoms with van der Waals surface area (Å²) in [7, 11) is 0. The molecule has 2 amide bonds. The molecule has 0 radical (unpaired) electrons. The molecule has 1 aromatic carbocycles. The van der Waals surface area contributed by atoms with Crippen LogP contribution < -0.4 is 10.6 Å². The number of nitrogens with zero attached hydrogens (tertiary/aromatic N) is 1. The van der Waals surface area contributed by atoms with E-state index in [2.05, 4.69) is 9.99 Å². The van der Waals surface area contributed by atoms with Gasteiger partial charge in [0.05, 0.1) is 33.3 Å². The van der Waals surface area contributed by atoms with Crippen LogP contribution in [0.3, 0.4) is 0 Å². The van der Waals surface area contributed by atoms with E-state index in [0.717, 1.165) is 0 Å². The van der Waals surface area contributed by atoms with Crippen molar-refractivity contribution in [1.82, 2.24) is 10.6 Å². The summed E-state index contributed by atoms with van der Waals surface area (Å²) in [5.74, 6) is -4.08. The van der Waals surface area contributed by atoms with Crippen molar-refractivity contribution in [2.24, 2.45) is 5.16 Å². The number of thiophene rings is 1. The number of nitrogens with one attached hydrogen (secondary N) is 2. The Labute approximate surface area is 220 Å². The lowest BCUT2D eigenvalue weighted by molar-refractivity contribution is -0.276. The number of benzene rings is 1. The quantitative estimate of drug-likeness (QED) is 0.304. The average Bonchev–Trinajstić information content (AvgIpc) is 3.43. The van der Waals surface area contributed by atoms with Gasteiger partial charge in [0, 0.05) is 5.56 Å². The van der Waals surface area contributed by atoms with Crippen LogP contribution in [0.4, 0.5) is 43.9 Å². The van der Waals surface area contributed by atoms with E-state index in [4.69, 9.17) is 11.6 Å². The predicted octanol–water partition coefficient (Wildman–Crippen LogP) is 5.86. The van der Waals surface area contributed by atoms with Crippen LogP contribution in [0.5, 0.6) is 0 Å². The Bertz CT molecular complexity index is 1310. The van der Waals surface area contributed by atoms with Gasteiger partial charge in [0.2, 0.25) is 12.2 Å². The minimum absolute atomic E-state index is 0.0766. The molecule has 1 unspecified atom stereocenters. The van der Waals surface area contributed by atoms with Crippen LogP contribution in [0.25, 0.3) is 0 Å². The number of alkyl halides is 9. The molecular weight excluding hydrogens is 600 g/mol. The SMILES string of the molecule is Cc1cc(C2=NO[C@](c3cc(C(F)(F)F)cc(Cl)c3F)(C(F)(F)F)C2)sc1C(=O)NCC(=O)NC(F)C(F)F. The van der Waals surface area contributed by atoms with Gasteiger partial charge in [-0.2, -0.15) is 26.3 Å². The summed E-state index contributed by atoms with van der Waals surface area (Å²) in [6, 6.07) is 1.22. The van der Waals surface area contributed by atoms with E-state index in [1.807, 2.05) is 5.32 Å². The number of hydrogen-bond donors (Lipinski definition) is 2. The van der Waals surface area contributed by atoms with Crippen molar-refractivity contribution < 1.29 is 58.3 Å². The van der Waals surface area contributed by atoms with Gasteiger partial charge in [0.25, 0.3) is 17.9 Å². The van der Waals surface area contributed by atoms with E-state index in [1.165, 1.54) is 18.3 Å². The van der Waals surface area contributed by atoms with E-state index in [9.17, 15) is 53.5 Å². The third-order valence-electron chi connectivity index (χ3n) is 5.31. The number of hydrogen-bond acceptors (Lipinski definition) is 5. The fourth-order valence-corrected chi connectivity index (χ4v) is 4.71. The van der Waals surface area contributed by atoms with Gasteiger partial charge in [0.1, 0.15) is 11.5 Å². The van der Waals surface area contributed by atoms with E-state index in [1.54, 1.807) is 0 Å². The second-order valence-corrected chi connectivity index (χ2v) is 9.52. The molecule has 2 heterocycles. The van der Waals surface area contributed by atoms with Gasteiger partial charge in [-0.1, -0.05) is 16.8 Å². The zero-order valence-corrected chi connectivity index (χ0v) is 20.6. The first kappa shape index (κ1) is 30.5. The molecule has 0 spiro atoms. The fourth-order valence-electron chi connectivity index (χ4n) is 3.42. The Kier molecular flexibility index (Phi) is 8.46. The summed E-state index contributed by atoms with van der Waals surface area (Å²) in [4.78, 5) is 28.1. The van der Waals surface area contributed by atoms with Crippen molar-refractivity contribution in [2.45, 2.75) is 44.0 Å². The van der Waals surface area contributed by atoms with E-state index < -0.39 is 83.1 Å². The zero-order chi connectivity index (χ0) is 29.5. The maximum atomic E-state index is 14.7. The maximum Gasteiger partial charge on any atom is 0.435 e. The second kappa shape index (κ2) is 10.8. The van der Waals surface area contributed by atoms with Gasteiger partial charge in [-0.15, -0.1) is 11.3 Å². The number of halogens is 11.